The van der Waals surface area contributed by atoms with Gasteiger partial charge < -0.3 is 4.79 Å². The van der Waals surface area contributed by atoms with Gasteiger partial charge in [-0.15, -0.1) is 6.58 Å². The van der Waals surface area contributed by atoms with Gasteiger partial charge in [0.2, 0.25) is 0 Å². The average molecular weight is 180 g/mol. The summed E-state index contributed by atoms with van der Waals surface area (Å²) in [5, 5.41) is 0. The number of hydrogen-bond acceptors (Lipinski definition) is 1. The van der Waals surface area contributed by atoms with Crippen molar-refractivity contribution in [1.29, 1.82) is 0 Å². The van der Waals surface area contributed by atoms with Gasteiger partial charge in [-0.2, -0.15) is 0 Å². The van der Waals surface area contributed by atoms with Gasteiger partial charge in [-0.05, 0) is 18.8 Å². The molecule has 0 aliphatic rings. The minimum absolute atomic E-state index is 0.245. The van der Waals surface area contributed by atoms with Crippen molar-refractivity contribution in [2.24, 2.45) is 11.3 Å². The first-order chi connectivity index (χ1) is 6.04. The number of carbonyl (C=O) groups is 1. The predicted molar refractivity (Wildman–Crippen MR) is 57.6 cm³/mol. The SMILES string of the molecule is C=CCC/C=C/C(C)C(C)(C)C=O. The van der Waals surface area contributed by atoms with E-state index in [0.29, 0.717) is 5.92 Å². The molecule has 74 valence electrons. The van der Waals surface area contributed by atoms with Crippen LogP contribution in [0.2, 0.25) is 0 Å². The van der Waals surface area contributed by atoms with Crippen molar-refractivity contribution in [1.82, 2.24) is 0 Å². The monoisotopic (exact) mass is 180 g/mol. The molecule has 1 atom stereocenters. The third-order valence-electron chi connectivity index (χ3n) is 2.44. The van der Waals surface area contributed by atoms with E-state index in [2.05, 4.69) is 25.7 Å². The lowest BCUT2D eigenvalue weighted by atomic mass is 9.81. The summed E-state index contributed by atoms with van der Waals surface area (Å²) in [5.41, 5.74) is -0.245. The number of carbonyl (C=O) groups excluding carboxylic acids is 1. The van der Waals surface area contributed by atoms with E-state index in [1.807, 2.05) is 19.9 Å². The molecule has 0 radical (unpaired) electrons. The second kappa shape index (κ2) is 5.74. The molecule has 0 aromatic heterocycles. The number of unbranched alkanes of at least 4 members (excludes halogenated alkanes) is 1. The van der Waals surface area contributed by atoms with Crippen LogP contribution in [0, 0.1) is 11.3 Å². The van der Waals surface area contributed by atoms with E-state index in [9.17, 15) is 4.79 Å². The zero-order valence-electron chi connectivity index (χ0n) is 8.92. The van der Waals surface area contributed by atoms with Crippen LogP contribution >= 0.6 is 0 Å². The summed E-state index contributed by atoms with van der Waals surface area (Å²) in [6.45, 7) is 9.64. The molecule has 0 amide bonds. The van der Waals surface area contributed by atoms with Crippen molar-refractivity contribution in [3.63, 3.8) is 0 Å². The molecule has 0 saturated heterocycles. The van der Waals surface area contributed by atoms with Crippen molar-refractivity contribution in [3.8, 4) is 0 Å². The van der Waals surface area contributed by atoms with Crippen LogP contribution in [0.15, 0.2) is 24.8 Å². The van der Waals surface area contributed by atoms with Crippen LogP contribution in [-0.2, 0) is 4.79 Å². The van der Waals surface area contributed by atoms with Crippen molar-refractivity contribution in [2.75, 3.05) is 0 Å². The largest absolute Gasteiger partial charge is 0.303 e. The fraction of sp³-hybridized carbons (Fsp3) is 0.583. The molecule has 0 aliphatic heterocycles. The summed E-state index contributed by atoms with van der Waals surface area (Å²) in [5.74, 6) is 0.301. The predicted octanol–water partition coefficient (Wildman–Crippen LogP) is 3.37. The normalized spacial score (nSPS) is 14.4. The van der Waals surface area contributed by atoms with E-state index in [4.69, 9.17) is 0 Å². The third kappa shape index (κ3) is 4.66. The van der Waals surface area contributed by atoms with Gasteiger partial charge in [-0.1, -0.05) is 39.0 Å². The lowest BCUT2D eigenvalue weighted by Crippen LogP contribution is -2.21. The van der Waals surface area contributed by atoms with E-state index >= 15 is 0 Å². The summed E-state index contributed by atoms with van der Waals surface area (Å²) < 4.78 is 0. The molecule has 0 aromatic rings. The molecule has 0 N–H and O–H groups in total. The topological polar surface area (TPSA) is 17.1 Å². The van der Waals surface area contributed by atoms with Crippen LogP contribution in [0.4, 0.5) is 0 Å². The first-order valence-corrected chi connectivity index (χ1v) is 4.78. The van der Waals surface area contributed by atoms with Crippen molar-refractivity contribution in [2.45, 2.75) is 33.6 Å². The zero-order valence-corrected chi connectivity index (χ0v) is 8.92. The molecular formula is C12H20O. The Morgan fingerprint density at radius 2 is 2.00 bits per heavy atom. The Kier molecular flexibility index (Phi) is 5.36. The second-order valence-corrected chi connectivity index (χ2v) is 4.02. The average Bonchev–Trinajstić information content (AvgIpc) is 2.12. The highest BCUT2D eigenvalue weighted by Gasteiger charge is 2.22. The molecule has 1 heteroatoms. The summed E-state index contributed by atoms with van der Waals surface area (Å²) in [6, 6.07) is 0. The fourth-order valence-corrected chi connectivity index (χ4v) is 0.870. The molecular weight excluding hydrogens is 160 g/mol. The quantitative estimate of drug-likeness (QED) is 0.348. The van der Waals surface area contributed by atoms with Gasteiger partial charge >= 0.3 is 0 Å². The van der Waals surface area contributed by atoms with Crippen LogP contribution in [0.3, 0.4) is 0 Å². The Balaban J connectivity index is 3.98. The summed E-state index contributed by atoms with van der Waals surface area (Å²) in [6.07, 6.45) is 9.18. The van der Waals surface area contributed by atoms with E-state index in [0.717, 1.165) is 19.1 Å². The summed E-state index contributed by atoms with van der Waals surface area (Å²) in [4.78, 5) is 10.7. The molecule has 1 unspecified atom stereocenters. The Bertz CT molecular complexity index is 189. The minimum atomic E-state index is -0.245. The third-order valence-corrected chi connectivity index (χ3v) is 2.44. The molecule has 0 fully saturated rings. The van der Waals surface area contributed by atoms with E-state index in [1.54, 1.807) is 0 Å². The van der Waals surface area contributed by atoms with Gasteiger partial charge in [-0.25, -0.2) is 0 Å². The maximum atomic E-state index is 10.7. The highest BCUT2D eigenvalue weighted by Crippen LogP contribution is 2.24. The molecule has 0 aliphatic carbocycles. The summed E-state index contributed by atoms with van der Waals surface area (Å²) >= 11 is 0. The van der Waals surface area contributed by atoms with Gasteiger partial charge in [-0.3, -0.25) is 0 Å². The van der Waals surface area contributed by atoms with Crippen molar-refractivity contribution < 1.29 is 4.79 Å². The number of hydrogen-bond donors (Lipinski definition) is 0. The zero-order chi connectivity index (χ0) is 10.3. The Morgan fingerprint density at radius 3 is 2.46 bits per heavy atom. The van der Waals surface area contributed by atoms with Crippen LogP contribution in [0.5, 0.6) is 0 Å². The Morgan fingerprint density at radius 1 is 1.38 bits per heavy atom. The van der Waals surface area contributed by atoms with Crippen LogP contribution in [0.25, 0.3) is 0 Å². The van der Waals surface area contributed by atoms with Crippen LogP contribution < -0.4 is 0 Å². The lowest BCUT2D eigenvalue weighted by Gasteiger charge is -2.22. The summed E-state index contributed by atoms with van der Waals surface area (Å²) in [7, 11) is 0. The molecule has 0 spiro atoms. The first kappa shape index (κ1) is 12.2. The number of rotatable bonds is 6. The molecule has 0 rings (SSSR count). The molecule has 0 bridgehead atoms. The van der Waals surface area contributed by atoms with Gasteiger partial charge in [0.25, 0.3) is 0 Å². The maximum absolute atomic E-state index is 10.7. The van der Waals surface area contributed by atoms with E-state index < -0.39 is 0 Å². The maximum Gasteiger partial charge on any atom is 0.126 e. The number of aldehydes is 1. The van der Waals surface area contributed by atoms with Gasteiger partial charge in [0.15, 0.2) is 0 Å². The molecule has 0 saturated carbocycles. The van der Waals surface area contributed by atoms with Crippen LogP contribution in [0.1, 0.15) is 33.6 Å². The smallest absolute Gasteiger partial charge is 0.126 e. The standard InChI is InChI=1S/C12H20O/c1-5-6-7-8-9-11(2)12(3,4)10-13/h5,8-11H,1,6-7H2,2-4H3/b9-8+. The second-order valence-electron chi connectivity index (χ2n) is 4.02. The van der Waals surface area contributed by atoms with Crippen LogP contribution in [-0.4, -0.2) is 6.29 Å². The Labute approximate surface area is 81.5 Å². The first-order valence-electron chi connectivity index (χ1n) is 4.78. The van der Waals surface area contributed by atoms with Crippen molar-refractivity contribution in [3.05, 3.63) is 24.8 Å². The highest BCUT2D eigenvalue weighted by atomic mass is 16.1. The highest BCUT2D eigenvalue weighted by molar-refractivity contribution is 5.58. The minimum Gasteiger partial charge on any atom is -0.303 e. The van der Waals surface area contributed by atoms with Gasteiger partial charge in [0, 0.05) is 5.41 Å². The lowest BCUT2D eigenvalue weighted by molar-refractivity contribution is -0.116. The molecule has 0 aromatic carbocycles. The van der Waals surface area contributed by atoms with E-state index in [1.165, 1.54) is 0 Å². The molecule has 0 heterocycles. The molecule has 13 heavy (non-hydrogen) atoms. The Hall–Kier alpha value is -0.850. The van der Waals surface area contributed by atoms with Gasteiger partial charge in [0.1, 0.15) is 6.29 Å². The van der Waals surface area contributed by atoms with Crippen molar-refractivity contribution >= 4 is 6.29 Å². The number of allylic oxidation sites excluding steroid dienone is 3. The fourth-order valence-electron chi connectivity index (χ4n) is 0.870. The molecule has 1 nitrogen and oxygen atoms in total. The van der Waals surface area contributed by atoms with Gasteiger partial charge in [0.05, 0.1) is 0 Å². The van der Waals surface area contributed by atoms with E-state index in [-0.39, 0.29) is 5.41 Å².